The van der Waals surface area contributed by atoms with E-state index in [1.165, 1.54) is 23.1 Å². The van der Waals surface area contributed by atoms with E-state index in [4.69, 9.17) is 0 Å². The standard InChI is InChI=1S/C25H26N4O/c1-15-11-12-22-20(13-15)18-8-6-9-19(24(18)28-22)25(30)29(3)14-23-26-16(2)17-7-4-5-10-21(17)27-23/h4-10,15,28H,11-14H2,1-3H3. The molecule has 0 spiro atoms. The summed E-state index contributed by atoms with van der Waals surface area (Å²) >= 11 is 0. The van der Waals surface area contributed by atoms with Crippen molar-refractivity contribution < 1.29 is 4.79 Å². The Hall–Kier alpha value is -3.21. The molecule has 1 aliphatic rings. The van der Waals surface area contributed by atoms with Crippen LogP contribution in [0, 0.1) is 12.8 Å². The number of para-hydroxylation sites is 2. The molecule has 1 aliphatic carbocycles. The van der Waals surface area contributed by atoms with Crippen molar-refractivity contribution in [2.45, 2.75) is 39.7 Å². The lowest BCUT2D eigenvalue weighted by Crippen LogP contribution is -2.27. The first-order chi connectivity index (χ1) is 14.5. The van der Waals surface area contributed by atoms with Crippen molar-refractivity contribution in [3.05, 3.63) is 70.8 Å². The highest BCUT2D eigenvalue weighted by Gasteiger charge is 2.23. The lowest BCUT2D eigenvalue weighted by Gasteiger charge is -2.18. The molecule has 2 heterocycles. The second kappa shape index (κ2) is 7.24. The second-order valence-corrected chi connectivity index (χ2v) is 8.56. The van der Waals surface area contributed by atoms with Crippen LogP contribution >= 0.6 is 0 Å². The van der Waals surface area contributed by atoms with Gasteiger partial charge in [-0.05, 0) is 49.8 Å². The summed E-state index contributed by atoms with van der Waals surface area (Å²) in [6.07, 6.45) is 3.33. The average molecular weight is 399 g/mol. The molecule has 4 aromatic rings. The van der Waals surface area contributed by atoms with Crippen LogP contribution in [-0.2, 0) is 19.4 Å². The normalized spacial score (nSPS) is 16.0. The summed E-state index contributed by atoms with van der Waals surface area (Å²) in [5, 5.41) is 2.24. The Kier molecular flexibility index (Phi) is 4.54. The zero-order valence-corrected chi connectivity index (χ0v) is 17.7. The number of nitrogens with zero attached hydrogens (tertiary/aromatic N) is 3. The number of aryl methyl sites for hydroxylation is 2. The van der Waals surface area contributed by atoms with E-state index in [9.17, 15) is 4.79 Å². The van der Waals surface area contributed by atoms with Crippen LogP contribution in [0.3, 0.4) is 0 Å². The number of hydrogen-bond acceptors (Lipinski definition) is 3. The van der Waals surface area contributed by atoms with Crippen molar-refractivity contribution in [3.8, 4) is 0 Å². The summed E-state index contributed by atoms with van der Waals surface area (Å²) in [5.41, 5.74) is 6.20. The van der Waals surface area contributed by atoms with Gasteiger partial charge in [-0.15, -0.1) is 0 Å². The minimum absolute atomic E-state index is 0.0124. The van der Waals surface area contributed by atoms with E-state index in [2.05, 4.69) is 27.9 Å². The Morgan fingerprint density at radius 2 is 1.93 bits per heavy atom. The van der Waals surface area contributed by atoms with Gasteiger partial charge in [0.05, 0.1) is 23.1 Å². The van der Waals surface area contributed by atoms with Gasteiger partial charge < -0.3 is 9.88 Å². The van der Waals surface area contributed by atoms with Gasteiger partial charge in [0.25, 0.3) is 5.91 Å². The first-order valence-electron chi connectivity index (χ1n) is 10.6. The highest BCUT2D eigenvalue weighted by atomic mass is 16.2. The summed E-state index contributed by atoms with van der Waals surface area (Å²) in [7, 11) is 1.82. The Morgan fingerprint density at radius 3 is 2.80 bits per heavy atom. The fraction of sp³-hybridized carbons (Fsp3) is 0.320. The number of aromatic nitrogens is 3. The molecule has 30 heavy (non-hydrogen) atoms. The SMILES string of the molecule is Cc1nc(CN(C)C(=O)c2cccc3c4c([nH]c23)CCC(C)C4)nc2ccccc12. The molecule has 0 bridgehead atoms. The summed E-state index contributed by atoms with van der Waals surface area (Å²) in [6, 6.07) is 14.0. The van der Waals surface area contributed by atoms with Crippen molar-refractivity contribution >= 4 is 27.7 Å². The van der Waals surface area contributed by atoms with Gasteiger partial charge >= 0.3 is 0 Å². The number of fused-ring (bicyclic) bond motifs is 4. The molecular formula is C25H26N4O. The monoisotopic (exact) mass is 398 g/mol. The van der Waals surface area contributed by atoms with Crippen molar-refractivity contribution in [3.63, 3.8) is 0 Å². The lowest BCUT2D eigenvalue weighted by atomic mass is 9.87. The van der Waals surface area contributed by atoms with Gasteiger partial charge in [-0.2, -0.15) is 0 Å². The molecule has 5 heteroatoms. The molecule has 1 unspecified atom stereocenters. The van der Waals surface area contributed by atoms with Gasteiger partial charge in [0.1, 0.15) is 5.82 Å². The van der Waals surface area contributed by atoms with Crippen LogP contribution in [0.25, 0.3) is 21.8 Å². The van der Waals surface area contributed by atoms with E-state index in [1.807, 2.05) is 50.4 Å². The van der Waals surface area contributed by atoms with Gasteiger partial charge in [-0.25, -0.2) is 9.97 Å². The summed E-state index contributed by atoms with van der Waals surface area (Å²) in [4.78, 5) is 27.9. The van der Waals surface area contributed by atoms with Crippen LogP contribution < -0.4 is 0 Å². The topological polar surface area (TPSA) is 61.9 Å². The molecule has 0 fully saturated rings. The Morgan fingerprint density at radius 1 is 1.13 bits per heavy atom. The van der Waals surface area contributed by atoms with Crippen molar-refractivity contribution in [2.24, 2.45) is 5.92 Å². The van der Waals surface area contributed by atoms with Crippen LogP contribution in [0.5, 0.6) is 0 Å². The summed E-state index contributed by atoms with van der Waals surface area (Å²) in [6.45, 7) is 4.66. The zero-order chi connectivity index (χ0) is 20.8. The molecule has 1 amide bonds. The Bertz CT molecular complexity index is 1270. The average Bonchev–Trinajstić information content (AvgIpc) is 3.11. The second-order valence-electron chi connectivity index (χ2n) is 8.56. The number of carbonyl (C=O) groups excluding carboxylic acids is 1. The van der Waals surface area contributed by atoms with E-state index >= 15 is 0 Å². The molecule has 1 atom stereocenters. The number of hydrogen-bond donors (Lipinski definition) is 1. The van der Waals surface area contributed by atoms with Crippen molar-refractivity contribution in [2.75, 3.05) is 7.05 Å². The van der Waals surface area contributed by atoms with E-state index in [-0.39, 0.29) is 5.91 Å². The van der Waals surface area contributed by atoms with Crippen LogP contribution in [0.2, 0.25) is 0 Å². The predicted molar refractivity (Wildman–Crippen MR) is 120 cm³/mol. The summed E-state index contributed by atoms with van der Waals surface area (Å²) < 4.78 is 0. The maximum atomic E-state index is 13.3. The molecule has 0 saturated heterocycles. The molecule has 2 aromatic heterocycles. The fourth-order valence-electron chi connectivity index (χ4n) is 4.65. The number of benzene rings is 2. The Labute approximate surface area is 176 Å². The van der Waals surface area contributed by atoms with Crippen LogP contribution in [0.4, 0.5) is 0 Å². The first-order valence-corrected chi connectivity index (χ1v) is 10.6. The quantitative estimate of drug-likeness (QED) is 0.538. The molecule has 2 aromatic carbocycles. The fourth-order valence-corrected chi connectivity index (χ4v) is 4.65. The maximum Gasteiger partial charge on any atom is 0.256 e. The minimum Gasteiger partial charge on any atom is -0.358 e. The molecule has 5 rings (SSSR count). The van der Waals surface area contributed by atoms with E-state index < -0.39 is 0 Å². The highest BCUT2D eigenvalue weighted by Crippen LogP contribution is 2.33. The van der Waals surface area contributed by atoms with Gasteiger partial charge in [-0.1, -0.05) is 37.3 Å². The number of nitrogens with one attached hydrogen (secondary N) is 1. The molecule has 152 valence electrons. The molecule has 1 N–H and O–H groups in total. The Balaban J connectivity index is 1.47. The lowest BCUT2D eigenvalue weighted by molar-refractivity contribution is 0.0783. The first kappa shape index (κ1) is 18.8. The molecule has 0 saturated carbocycles. The van der Waals surface area contributed by atoms with E-state index in [0.717, 1.165) is 40.5 Å². The number of carbonyl (C=O) groups is 1. The number of aromatic amines is 1. The maximum absolute atomic E-state index is 13.3. The molecule has 0 aliphatic heterocycles. The van der Waals surface area contributed by atoms with Gasteiger partial charge in [-0.3, -0.25) is 4.79 Å². The smallest absolute Gasteiger partial charge is 0.256 e. The van der Waals surface area contributed by atoms with Gasteiger partial charge in [0.2, 0.25) is 0 Å². The minimum atomic E-state index is -0.0124. The largest absolute Gasteiger partial charge is 0.358 e. The molecular weight excluding hydrogens is 372 g/mol. The van der Waals surface area contributed by atoms with Crippen molar-refractivity contribution in [1.29, 1.82) is 0 Å². The summed E-state index contributed by atoms with van der Waals surface area (Å²) in [5.74, 6) is 1.34. The third kappa shape index (κ3) is 3.15. The van der Waals surface area contributed by atoms with Gasteiger partial charge in [0, 0.05) is 29.2 Å². The third-order valence-corrected chi connectivity index (χ3v) is 6.27. The number of H-pyrrole nitrogens is 1. The highest BCUT2D eigenvalue weighted by molar-refractivity contribution is 6.06. The number of rotatable bonds is 3. The van der Waals surface area contributed by atoms with Crippen LogP contribution in [0.1, 0.15) is 46.5 Å². The van der Waals surface area contributed by atoms with Crippen LogP contribution in [0.15, 0.2) is 42.5 Å². The predicted octanol–water partition coefficient (Wildman–Crippen LogP) is 4.82. The van der Waals surface area contributed by atoms with E-state index in [1.54, 1.807) is 4.90 Å². The third-order valence-electron chi connectivity index (χ3n) is 6.27. The molecule has 5 nitrogen and oxygen atoms in total. The zero-order valence-electron chi connectivity index (χ0n) is 17.7. The molecule has 0 radical (unpaired) electrons. The van der Waals surface area contributed by atoms with Crippen LogP contribution in [-0.4, -0.2) is 32.8 Å². The van der Waals surface area contributed by atoms with Gasteiger partial charge in [0.15, 0.2) is 0 Å². The van der Waals surface area contributed by atoms with Crippen molar-refractivity contribution in [1.82, 2.24) is 19.9 Å². The number of amides is 1. The van der Waals surface area contributed by atoms with E-state index in [0.29, 0.717) is 18.3 Å².